The molecule has 3 aromatic rings. The van der Waals surface area contributed by atoms with Gasteiger partial charge in [-0.05, 0) is 23.8 Å². The zero-order chi connectivity index (χ0) is 20.3. The molecule has 0 saturated heterocycles. The van der Waals surface area contributed by atoms with Gasteiger partial charge in [0.15, 0.2) is 5.69 Å². The molecular weight excluding hydrogens is 376 g/mol. The Morgan fingerprint density at radius 2 is 2.04 bits per heavy atom. The highest BCUT2D eigenvalue weighted by molar-refractivity contribution is 7.09. The number of carboxylic acid groups (broad SMARTS) is 1. The Balaban J connectivity index is 1.60. The first-order valence-corrected chi connectivity index (χ1v) is 9.70. The predicted octanol–water partition coefficient (Wildman–Crippen LogP) is 3.18. The maximum Gasteiger partial charge on any atom is 0.356 e. The minimum absolute atomic E-state index is 0.0170. The van der Waals surface area contributed by atoms with Crippen molar-refractivity contribution in [2.45, 2.75) is 39.2 Å². The smallest absolute Gasteiger partial charge is 0.356 e. The van der Waals surface area contributed by atoms with E-state index in [0.29, 0.717) is 6.54 Å². The molecule has 0 saturated carbocycles. The van der Waals surface area contributed by atoms with E-state index in [9.17, 15) is 9.59 Å². The molecule has 7 nitrogen and oxygen atoms in total. The topological polar surface area (TPSA) is 97.1 Å². The van der Waals surface area contributed by atoms with Crippen molar-refractivity contribution in [3.63, 3.8) is 0 Å². The normalized spacial score (nSPS) is 11.4. The van der Waals surface area contributed by atoms with Crippen LogP contribution >= 0.6 is 11.3 Å². The molecule has 0 radical (unpaired) electrons. The summed E-state index contributed by atoms with van der Waals surface area (Å²) in [6, 6.07) is 8.87. The lowest BCUT2D eigenvalue weighted by Gasteiger charge is -2.13. The standard InChI is InChI=1S/C20H22N4O3S/c1-20(2,3)19-22-14(12-28-19)10-17(25)21-11-13-5-4-6-15(9-13)24-8-7-16(23-24)18(26)27/h4-9,12H,10-11H2,1-3H3,(H,21,25)(H,26,27). The molecular formula is C20H22N4O3S. The second kappa shape index (κ2) is 7.93. The number of carbonyl (C=O) groups is 2. The van der Waals surface area contributed by atoms with E-state index in [1.807, 2.05) is 29.6 Å². The third-order valence-electron chi connectivity index (χ3n) is 4.01. The van der Waals surface area contributed by atoms with Crippen LogP contribution in [0.1, 0.15) is 47.5 Å². The van der Waals surface area contributed by atoms with Crippen LogP contribution in [-0.2, 0) is 23.2 Å². The van der Waals surface area contributed by atoms with Crippen LogP contribution in [0.5, 0.6) is 0 Å². The van der Waals surface area contributed by atoms with E-state index in [2.05, 4.69) is 36.2 Å². The zero-order valence-electron chi connectivity index (χ0n) is 16.0. The van der Waals surface area contributed by atoms with Gasteiger partial charge in [-0.15, -0.1) is 11.3 Å². The van der Waals surface area contributed by atoms with Gasteiger partial charge in [-0.2, -0.15) is 5.10 Å². The monoisotopic (exact) mass is 398 g/mol. The molecule has 1 aromatic carbocycles. The van der Waals surface area contributed by atoms with E-state index in [0.717, 1.165) is 22.0 Å². The number of rotatable bonds is 6. The Labute approximate surface area is 167 Å². The summed E-state index contributed by atoms with van der Waals surface area (Å²) in [7, 11) is 0. The largest absolute Gasteiger partial charge is 0.476 e. The number of hydrogen-bond donors (Lipinski definition) is 2. The van der Waals surface area contributed by atoms with Crippen LogP contribution in [0.15, 0.2) is 41.9 Å². The summed E-state index contributed by atoms with van der Waals surface area (Å²) in [5, 5.41) is 18.8. The van der Waals surface area contributed by atoms with Crippen molar-refractivity contribution in [3.05, 3.63) is 63.9 Å². The number of nitrogens with zero attached hydrogens (tertiary/aromatic N) is 3. The van der Waals surface area contributed by atoms with E-state index in [1.54, 1.807) is 17.5 Å². The number of carboxylic acids is 1. The molecule has 0 aliphatic rings. The van der Waals surface area contributed by atoms with Crippen LogP contribution in [-0.4, -0.2) is 31.7 Å². The first kappa shape index (κ1) is 19.8. The fourth-order valence-corrected chi connectivity index (χ4v) is 3.46. The average Bonchev–Trinajstić information content (AvgIpc) is 3.29. The maximum absolute atomic E-state index is 12.2. The number of amides is 1. The quantitative estimate of drug-likeness (QED) is 0.665. The van der Waals surface area contributed by atoms with Gasteiger partial charge in [0.2, 0.25) is 5.91 Å². The summed E-state index contributed by atoms with van der Waals surface area (Å²) in [5.41, 5.74) is 2.36. The van der Waals surface area contributed by atoms with Crippen molar-refractivity contribution in [2.75, 3.05) is 0 Å². The summed E-state index contributed by atoms with van der Waals surface area (Å²) in [6.45, 7) is 6.67. The summed E-state index contributed by atoms with van der Waals surface area (Å²) in [6.07, 6.45) is 1.84. The molecule has 3 rings (SSSR count). The molecule has 0 bridgehead atoms. The molecule has 2 heterocycles. The van der Waals surface area contributed by atoms with Crippen LogP contribution in [0.25, 0.3) is 5.69 Å². The van der Waals surface area contributed by atoms with Crippen molar-refractivity contribution < 1.29 is 14.7 Å². The Bertz CT molecular complexity index is 1000. The second-order valence-corrected chi connectivity index (χ2v) is 8.33. The van der Waals surface area contributed by atoms with Gasteiger partial charge in [0.05, 0.1) is 22.8 Å². The lowest BCUT2D eigenvalue weighted by molar-refractivity contribution is -0.120. The van der Waals surface area contributed by atoms with E-state index in [4.69, 9.17) is 5.11 Å². The summed E-state index contributed by atoms with van der Waals surface area (Å²) < 4.78 is 1.50. The Kier molecular flexibility index (Phi) is 5.60. The van der Waals surface area contributed by atoms with E-state index in [1.165, 1.54) is 10.7 Å². The SMILES string of the molecule is CC(C)(C)c1nc(CC(=O)NCc2cccc(-n3ccc(C(=O)O)n3)c2)cs1. The molecule has 0 atom stereocenters. The second-order valence-electron chi connectivity index (χ2n) is 7.47. The van der Waals surface area contributed by atoms with Gasteiger partial charge in [-0.25, -0.2) is 14.5 Å². The lowest BCUT2D eigenvalue weighted by Crippen LogP contribution is -2.24. The van der Waals surface area contributed by atoms with E-state index >= 15 is 0 Å². The zero-order valence-corrected chi connectivity index (χ0v) is 16.8. The molecule has 8 heteroatoms. The molecule has 2 N–H and O–H groups in total. The Morgan fingerprint density at radius 3 is 2.68 bits per heavy atom. The van der Waals surface area contributed by atoms with Gasteiger partial charge >= 0.3 is 5.97 Å². The highest BCUT2D eigenvalue weighted by Gasteiger charge is 2.18. The van der Waals surface area contributed by atoms with E-state index in [-0.39, 0.29) is 23.4 Å². The number of hydrogen-bond acceptors (Lipinski definition) is 5. The van der Waals surface area contributed by atoms with Crippen LogP contribution < -0.4 is 5.32 Å². The van der Waals surface area contributed by atoms with Gasteiger partial charge in [-0.1, -0.05) is 32.9 Å². The molecule has 0 aliphatic carbocycles. The highest BCUT2D eigenvalue weighted by Crippen LogP contribution is 2.25. The molecule has 28 heavy (non-hydrogen) atoms. The fraction of sp³-hybridized carbons (Fsp3) is 0.300. The predicted molar refractivity (Wildman–Crippen MR) is 107 cm³/mol. The highest BCUT2D eigenvalue weighted by atomic mass is 32.1. The number of benzene rings is 1. The first-order valence-electron chi connectivity index (χ1n) is 8.82. The minimum Gasteiger partial charge on any atom is -0.476 e. The minimum atomic E-state index is -1.07. The first-order chi connectivity index (χ1) is 13.2. The van der Waals surface area contributed by atoms with Crippen LogP contribution in [0.3, 0.4) is 0 Å². The number of carbonyl (C=O) groups excluding carboxylic acids is 1. The van der Waals surface area contributed by atoms with Gasteiger partial charge in [-0.3, -0.25) is 4.79 Å². The fourth-order valence-electron chi connectivity index (χ4n) is 2.55. The van der Waals surface area contributed by atoms with Gasteiger partial charge in [0, 0.05) is 23.5 Å². The number of aromatic nitrogens is 3. The Hall–Kier alpha value is -3.00. The van der Waals surface area contributed by atoms with Crippen molar-refractivity contribution in [3.8, 4) is 5.69 Å². The molecule has 0 spiro atoms. The van der Waals surface area contributed by atoms with Gasteiger partial charge in [0.1, 0.15) is 0 Å². The number of thiazole rings is 1. The van der Waals surface area contributed by atoms with Crippen molar-refractivity contribution in [1.82, 2.24) is 20.1 Å². The molecule has 2 aromatic heterocycles. The van der Waals surface area contributed by atoms with Crippen LogP contribution in [0.4, 0.5) is 0 Å². The van der Waals surface area contributed by atoms with Crippen molar-refractivity contribution >= 4 is 23.2 Å². The summed E-state index contributed by atoms with van der Waals surface area (Å²) in [4.78, 5) is 27.8. The van der Waals surface area contributed by atoms with Gasteiger partial charge < -0.3 is 10.4 Å². The maximum atomic E-state index is 12.2. The summed E-state index contributed by atoms with van der Waals surface area (Å²) >= 11 is 1.57. The third kappa shape index (κ3) is 4.83. The molecule has 1 amide bonds. The van der Waals surface area contributed by atoms with Crippen LogP contribution in [0.2, 0.25) is 0 Å². The summed E-state index contributed by atoms with van der Waals surface area (Å²) in [5.74, 6) is -1.16. The Morgan fingerprint density at radius 1 is 1.25 bits per heavy atom. The number of aromatic carboxylic acids is 1. The third-order valence-corrected chi connectivity index (χ3v) is 5.32. The average molecular weight is 398 g/mol. The van der Waals surface area contributed by atoms with Crippen molar-refractivity contribution in [2.24, 2.45) is 0 Å². The van der Waals surface area contributed by atoms with Crippen LogP contribution in [0, 0.1) is 0 Å². The molecule has 0 aliphatic heterocycles. The molecule has 0 unspecified atom stereocenters. The lowest BCUT2D eigenvalue weighted by atomic mass is 9.98. The number of nitrogens with one attached hydrogen (secondary N) is 1. The molecule has 0 fully saturated rings. The van der Waals surface area contributed by atoms with Gasteiger partial charge in [0.25, 0.3) is 0 Å². The van der Waals surface area contributed by atoms with Crippen molar-refractivity contribution in [1.29, 1.82) is 0 Å². The molecule has 146 valence electrons. The van der Waals surface area contributed by atoms with E-state index < -0.39 is 5.97 Å².